The highest BCUT2D eigenvalue weighted by Crippen LogP contribution is 2.30. The SMILES string of the molecule is Cc1ccc(NC(=O)Nc2ccc3nc(NS(=O)(=O)c4ccccc4)sc3c2)cc1Cl. The molecule has 0 aliphatic carbocycles. The molecule has 3 N–H and O–H groups in total. The van der Waals surface area contributed by atoms with Crippen LogP contribution in [0.1, 0.15) is 5.56 Å². The topological polar surface area (TPSA) is 100 Å². The molecule has 0 unspecified atom stereocenters. The lowest BCUT2D eigenvalue weighted by atomic mass is 10.2. The summed E-state index contributed by atoms with van der Waals surface area (Å²) in [6.07, 6.45) is 0. The Hall–Kier alpha value is -3.14. The molecule has 0 aliphatic heterocycles. The number of hydrogen-bond acceptors (Lipinski definition) is 5. The maximum absolute atomic E-state index is 12.5. The fourth-order valence-electron chi connectivity index (χ4n) is 2.78. The number of rotatable bonds is 5. The number of fused-ring (bicyclic) bond motifs is 1. The number of nitrogens with zero attached hydrogens (tertiary/aromatic N) is 1. The molecule has 0 aliphatic rings. The van der Waals surface area contributed by atoms with Gasteiger partial charge in [0.1, 0.15) is 0 Å². The van der Waals surface area contributed by atoms with Crippen LogP contribution in [0.4, 0.5) is 21.3 Å². The van der Waals surface area contributed by atoms with Crippen LogP contribution in [0, 0.1) is 6.92 Å². The number of carbonyl (C=O) groups is 1. The molecule has 1 aromatic heterocycles. The molecule has 3 aromatic carbocycles. The van der Waals surface area contributed by atoms with E-state index in [2.05, 4.69) is 20.3 Å². The highest BCUT2D eigenvalue weighted by Gasteiger charge is 2.16. The molecule has 7 nitrogen and oxygen atoms in total. The fourth-order valence-corrected chi connectivity index (χ4v) is 5.13. The molecule has 4 aromatic rings. The number of urea groups is 1. The lowest BCUT2D eigenvalue weighted by molar-refractivity contribution is 0.262. The summed E-state index contributed by atoms with van der Waals surface area (Å²) >= 11 is 7.26. The van der Waals surface area contributed by atoms with E-state index in [0.717, 1.165) is 10.3 Å². The Bertz CT molecular complexity index is 1370. The minimum Gasteiger partial charge on any atom is -0.308 e. The first kappa shape index (κ1) is 21.1. The highest BCUT2D eigenvalue weighted by atomic mass is 35.5. The third-order valence-electron chi connectivity index (χ3n) is 4.35. The third-order valence-corrected chi connectivity index (χ3v) is 7.18. The lowest BCUT2D eigenvalue weighted by Gasteiger charge is -2.08. The molecule has 10 heteroatoms. The minimum atomic E-state index is -3.72. The van der Waals surface area contributed by atoms with Gasteiger partial charge in [0.2, 0.25) is 0 Å². The van der Waals surface area contributed by atoms with Crippen molar-refractivity contribution in [3.05, 3.63) is 77.3 Å². The molecule has 0 fully saturated rings. The van der Waals surface area contributed by atoms with Gasteiger partial charge in [0, 0.05) is 16.4 Å². The fraction of sp³-hybridized carbons (Fsp3) is 0.0476. The zero-order valence-corrected chi connectivity index (χ0v) is 18.6. The molecule has 0 radical (unpaired) electrons. The van der Waals surface area contributed by atoms with Crippen molar-refractivity contribution >= 4 is 65.7 Å². The molecule has 0 saturated heterocycles. The summed E-state index contributed by atoms with van der Waals surface area (Å²) in [4.78, 5) is 16.8. The maximum Gasteiger partial charge on any atom is 0.323 e. The number of sulfonamides is 1. The van der Waals surface area contributed by atoms with E-state index in [9.17, 15) is 13.2 Å². The number of carbonyl (C=O) groups excluding carboxylic acids is 1. The van der Waals surface area contributed by atoms with E-state index in [0.29, 0.717) is 21.9 Å². The summed E-state index contributed by atoms with van der Waals surface area (Å²) in [5, 5.41) is 6.28. The Morgan fingerprint density at radius 3 is 2.35 bits per heavy atom. The largest absolute Gasteiger partial charge is 0.323 e. The third kappa shape index (κ3) is 4.96. The smallest absolute Gasteiger partial charge is 0.308 e. The summed E-state index contributed by atoms with van der Waals surface area (Å²) < 4.78 is 28.2. The van der Waals surface area contributed by atoms with Gasteiger partial charge in [-0.15, -0.1) is 0 Å². The van der Waals surface area contributed by atoms with Crippen LogP contribution in [-0.4, -0.2) is 19.4 Å². The molecule has 0 spiro atoms. The summed E-state index contributed by atoms with van der Waals surface area (Å²) in [5.41, 5.74) is 2.66. The molecule has 2 amide bonds. The van der Waals surface area contributed by atoms with Crippen LogP contribution in [0.2, 0.25) is 5.02 Å². The van der Waals surface area contributed by atoms with E-state index in [4.69, 9.17) is 11.6 Å². The van der Waals surface area contributed by atoms with Gasteiger partial charge >= 0.3 is 6.03 Å². The standard InChI is InChI=1S/C21H17ClN4O3S2/c1-13-7-8-14(11-17(13)22)23-20(27)24-15-9-10-18-19(12-15)30-21(25-18)26-31(28,29)16-5-3-2-4-6-16/h2-12H,1H3,(H,25,26)(H2,23,24,27). The Kier molecular flexibility index (Phi) is 5.81. The van der Waals surface area contributed by atoms with Crippen molar-refractivity contribution in [2.75, 3.05) is 15.4 Å². The van der Waals surface area contributed by atoms with Crippen LogP contribution in [0.25, 0.3) is 10.2 Å². The summed E-state index contributed by atoms with van der Waals surface area (Å²) in [6, 6.07) is 18.0. The maximum atomic E-state index is 12.5. The first-order chi connectivity index (χ1) is 14.8. The number of amides is 2. The van der Waals surface area contributed by atoms with E-state index in [1.807, 2.05) is 13.0 Å². The van der Waals surface area contributed by atoms with Crippen molar-refractivity contribution in [3.8, 4) is 0 Å². The second-order valence-corrected chi connectivity index (χ2v) is 9.78. The molecular weight excluding hydrogens is 456 g/mol. The van der Waals surface area contributed by atoms with Gasteiger partial charge in [-0.25, -0.2) is 18.2 Å². The van der Waals surface area contributed by atoms with Crippen LogP contribution in [-0.2, 0) is 10.0 Å². The number of hydrogen-bond donors (Lipinski definition) is 3. The van der Waals surface area contributed by atoms with Crippen molar-refractivity contribution in [2.24, 2.45) is 0 Å². The highest BCUT2D eigenvalue weighted by molar-refractivity contribution is 7.93. The minimum absolute atomic E-state index is 0.157. The molecule has 0 saturated carbocycles. The number of aryl methyl sites for hydroxylation is 1. The van der Waals surface area contributed by atoms with Crippen LogP contribution in [0.5, 0.6) is 0 Å². The number of nitrogens with one attached hydrogen (secondary N) is 3. The van der Waals surface area contributed by atoms with E-state index >= 15 is 0 Å². The van der Waals surface area contributed by atoms with Crippen molar-refractivity contribution in [1.29, 1.82) is 0 Å². The predicted molar refractivity (Wildman–Crippen MR) is 126 cm³/mol. The predicted octanol–water partition coefficient (Wildman–Crippen LogP) is 5.70. The molecule has 31 heavy (non-hydrogen) atoms. The molecule has 0 atom stereocenters. The van der Waals surface area contributed by atoms with E-state index in [-0.39, 0.29) is 10.0 Å². The number of thiazole rings is 1. The average Bonchev–Trinajstić information content (AvgIpc) is 3.12. The Morgan fingerprint density at radius 2 is 1.65 bits per heavy atom. The summed E-state index contributed by atoms with van der Waals surface area (Å²) in [7, 11) is -3.72. The van der Waals surface area contributed by atoms with Gasteiger partial charge in [0.25, 0.3) is 10.0 Å². The van der Waals surface area contributed by atoms with Gasteiger partial charge in [0.05, 0.1) is 15.1 Å². The zero-order chi connectivity index (χ0) is 22.0. The monoisotopic (exact) mass is 472 g/mol. The quantitative estimate of drug-likeness (QED) is 0.346. The number of aromatic nitrogens is 1. The normalized spacial score (nSPS) is 11.3. The Labute approximate surface area is 188 Å². The molecule has 158 valence electrons. The van der Waals surface area contributed by atoms with E-state index in [1.165, 1.54) is 23.5 Å². The van der Waals surface area contributed by atoms with Crippen molar-refractivity contribution in [2.45, 2.75) is 11.8 Å². The lowest BCUT2D eigenvalue weighted by Crippen LogP contribution is -2.19. The molecule has 0 bridgehead atoms. The van der Waals surface area contributed by atoms with Gasteiger partial charge in [0.15, 0.2) is 5.13 Å². The van der Waals surface area contributed by atoms with E-state index in [1.54, 1.807) is 48.5 Å². The summed E-state index contributed by atoms with van der Waals surface area (Å²) in [5.74, 6) is 0. The van der Waals surface area contributed by atoms with Crippen molar-refractivity contribution < 1.29 is 13.2 Å². The number of halogens is 1. The van der Waals surface area contributed by atoms with Crippen LogP contribution < -0.4 is 15.4 Å². The van der Waals surface area contributed by atoms with Gasteiger partial charge in [-0.3, -0.25) is 4.72 Å². The average molecular weight is 473 g/mol. The molecule has 4 rings (SSSR count). The van der Waals surface area contributed by atoms with Crippen LogP contribution in [0.15, 0.2) is 71.6 Å². The van der Waals surface area contributed by atoms with E-state index < -0.39 is 16.1 Å². The van der Waals surface area contributed by atoms with Gasteiger partial charge in [-0.1, -0.05) is 47.2 Å². The first-order valence-corrected chi connectivity index (χ1v) is 11.8. The Balaban J connectivity index is 1.48. The second-order valence-electron chi connectivity index (χ2n) is 6.66. The molecule has 1 heterocycles. The Morgan fingerprint density at radius 1 is 0.968 bits per heavy atom. The number of anilines is 3. The first-order valence-electron chi connectivity index (χ1n) is 9.13. The van der Waals surface area contributed by atoms with Gasteiger partial charge < -0.3 is 10.6 Å². The van der Waals surface area contributed by atoms with Crippen molar-refractivity contribution in [3.63, 3.8) is 0 Å². The van der Waals surface area contributed by atoms with Crippen molar-refractivity contribution in [1.82, 2.24) is 4.98 Å². The second kappa shape index (κ2) is 8.54. The number of benzene rings is 3. The van der Waals surface area contributed by atoms with Crippen LogP contribution in [0.3, 0.4) is 0 Å². The van der Waals surface area contributed by atoms with Gasteiger partial charge in [-0.2, -0.15) is 0 Å². The molecular formula is C21H17ClN4O3S2. The zero-order valence-electron chi connectivity index (χ0n) is 16.2. The summed E-state index contributed by atoms with van der Waals surface area (Å²) in [6.45, 7) is 1.88. The van der Waals surface area contributed by atoms with Gasteiger partial charge in [-0.05, 0) is 55.0 Å². The van der Waals surface area contributed by atoms with Crippen LogP contribution >= 0.6 is 22.9 Å².